The molecule has 3 heteroatoms. The van der Waals surface area contributed by atoms with Gasteiger partial charge in [0.05, 0.1) is 0 Å². The number of carbonyl (C=O) groups excluding carboxylic acids is 1. The van der Waals surface area contributed by atoms with E-state index in [0.29, 0.717) is 6.54 Å². The van der Waals surface area contributed by atoms with Crippen LogP contribution in [0.3, 0.4) is 0 Å². The molecule has 16 heavy (non-hydrogen) atoms. The second-order valence-electron chi connectivity index (χ2n) is 3.89. The van der Waals surface area contributed by atoms with Gasteiger partial charge in [0.25, 0.3) is 0 Å². The molecule has 1 aromatic rings. The molecule has 0 saturated carbocycles. The van der Waals surface area contributed by atoms with Crippen LogP contribution in [0.5, 0.6) is 0 Å². The van der Waals surface area contributed by atoms with Crippen molar-refractivity contribution in [3.63, 3.8) is 0 Å². The third-order valence-electron chi connectivity index (χ3n) is 2.40. The molecule has 0 aliphatic heterocycles. The summed E-state index contributed by atoms with van der Waals surface area (Å²) in [5.74, 6) is 0. The number of nitrogens with zero attached hydrogens (tertiary/aromatic N) is 1. The third kappa shape index (κ3) is 3.12. The van der Waals surface area contributed by atoms with Crippen molar-refractivity contribution in [3.05, 3.63) is 42.0 Å². The van der Waals surface area contributed by atoms with Gasteiger partial charge in [0.1, 0.15) is 0 Å². The minimum Gasteiger partial charge on any atom is -0.341 e. The molecule has 2 amide bonds. The molecule has 1 N–H and O–H groups in total. The number of amides is 2. The minimum absolute atomic E-state index is 0.0827. The lowest BCUT2D eigenvalue weighted by molar-refractivity contribution is 0.209. The van der Waals surface area contributed by atoms with Crippen LogP contribution in [0, 0.1) is 0 Å². The Labute approximate surface area is 96.8 Å². The van der Waals surface area contributed by atoms with Gasteiger partial charge in [0.2, 0.25) is 0 Å². The molecule has 0 aliphatic carbocycles. The van der Waals surface area contributed by atoms with Crippen molar-refractivity contribution in [2.75, 3.05) is 14.1 Å². The van der Waals surface area contributed by atoms with Gasteiger partial charge in [0.15, 0.2) is 0 Å². The van der Waals surface area contributed by atoms with E-state index in [-0.39, 0.29) is 6.03 Å². The predicted molar refractivity (Wildman–Crippen MR) is 67.1 cm³/mol. The van der Waals surface area contributed by atoms with Crippen LogP contribution >= 0.6 is 0 Å². The highest BCUT2D eigenvalue weighted by molar-refractivity contribution is 5.73. The van der Waals surface area contributed by atoms with E-state index in [2.05, 4.69) is 18.0 Å². The fraction of sp³-hybridized carbons (Fsp3) is 0.308. The maximum atomic E-state index is 11.3. The second-order valence-corrected chi connectivity index (χ2v) is 3.89. The topological polar surface area (TPSA) is 32.3 Å². The molecular formula is C13H18N2O. The van der Waals surface area contributed by atoms with Crippen LogP contribution in [-0.4, -0.2) is 25.0 Å². The van der Waals surface area contributed by atoms with E-state index in [1.807, 2.05) is 25.1 Å². The summed E-state index contributed by atoms with van der Waals surface area (Å²) >= 11 is 0. The smallest absolute Gasteiger partial charge is 0.317 e. The summed E-state index contributed by atoms with van der Waals surface area (Å²) in [5.41, 5.74) is 3.25. The van der Waals surface area contributed by atoms with Crippen LogP contribution in [0.4, 0.5) is 4.79 Å². The normalized spacial score (nSPS) is 9.69. The Hall–Kier alpha value is -1.77. The van der Waals surface area contributed by atoms with Gasteiger partial charge in [-0.1, -0.05) is 30.4 Å². The number of allylic oxidation sites excluding steroid dienone is 1. The van der Waals surface area contributed by atoms with Crippen molar-refractivity contribution in [1.82, 2.24) is 10.2 Å². The summed E-state index contributed by atoms with van der Waals surface area (Å²) in [6.45, 7) is 6.48. The number of rotatable bonds is 3. The first-order valence-corrected chi connectivity index (χ1v) is 5.22. The Morgan fingerprint density at radius 1 is 1.50 bits per heavy atom. The number of benzene rings is 1. The Kier molecular flexibility index (Phi) is 4.11. The Bertz CT molecular complexity index is 399. The maximum Gasteiger partial charge on any atom is 0.317 e. The molecule has 1 rings (SSSR count). The van der Waals surface area contributed by atoms with Crippen molar-refractivity contribution in [3.8, 4) is 0 Å². The van der Waals surface area contributed by atoms with E-state index in [0.717, 1.165) is 16.7 Å². The lowest BCUT2D eigenvalue weighted by atomic mass is 10.1. The van der Waals surface area contributed by atoms with E-state index >= 15 is 0 Å². The molecule has 3 nitrogen and oxygen atoms in total. The monoisotopic (exact) mass is 218 g/mol. The first-order chi connectivity index (χ1) is 7.54. The van der Waals surface area contributed by atoms with Gasteiger partial charge in [-0.3, -0.25) is 0 Å². The molecule has 0 saturated heterocycles. The van der Waals surface area contributed by atoms with Crippen molar-refractivity contribution in [1.29, 1.82) is 0 Å². The van der Waals surface area contributed by atoms with E-state index in [4.69, 9.17) is 0 Å². The highest BCUT2D eigenvalue weighted by Gasteiger charge is 2.06. The van der Waals surface area contributed by atoms with Gasteiger partial charge in [-0.05, 0) is 24.1 Å². The zero-order valence-corrected chi connectivity index (χ0v) is 10.1. The minimum atomic E-state index is -0.0827. The summed E-state index contributed by atoms with van der Waals surface area (Å²) < 4.78 is 0. The van der Waals surface area contributed by atoms with E-state index in [9.17, 15) is 4.79 Å². The summed E-state index contributed by atoms with van der Waals surface area (Å²) in [6.07, 6.45) is 0. The second kappa shape index (κ2) is 5.35. The molecule has 0 radical (unpaired) electrons. The lowest BCUT2D eigenvalue weighted by Gasteiger charge is -2.16. The van der Waals surface area contributed by atoms with Crippen LogP contribution in [0.1, 0.15) is 18.1 Å². The molecule has 0 atom stereocenters. The average molecular weight is 218 g/mol. The Balaban J connectivity index is 2.78. The molecule has 0 heterocycles. The molecule has 0 bridgehead atoms. The van der Waals surface area contributed by atoms with Crippen molar-refractivity contribution >= 4 is 11.6 Å². The molecular weight excluding hydrogens is 200 g/mol. The highest BCUT2D eigenvalue weighted by Crippen LogP contribution is 2.14. The first-order valence-electron chi connectivity index (χ1n) is 5.22. The van der Waals surface area contributed by atoms with Gasteiger partial charge >= 0.3 is 6.03 Å². The standard InChI is InChI=1S/C13H18N2O/c1-10(2)12-7-5-6-11(8-12)9-15(4)13(16)14-3/h5-8H,1,9H2,2-4H3,(H,14,16). The van der Waals surface area contributed by atoms with Crippen LogP contribution < -0.4 is 5.32 Å². The van der Waals surface area contributed by atoms with Gasteiger partial charge in [0, 0.05) is 20.6 Å². The van der Waals surface area contributed by atoms with Crippen LogP contribution in [0.15, 0.2) is 30.8 Å². The zero-order valence-electron chi connectivity index (χ0n) is 10.1. The number of hydrogen-bond acceptors (Lipinski definition) is 1. The molecule has 0 spiro atoms. The summed E-state index contributed by atoms with van der Waals surface area (Å²) in [4.78, 5) is 13.0. The van der Waals surface area contributed by atoms with Crippen LogP contribution in [0.25, 0.3) is 5.57 Å². The van der Waals surface area contributed by atoms with Gasteiger partial charge in [-0.25, -0.2) is 4.79 Å². The SMILES string of the molecule is C=C(C)c1cccc(CN(C)C(=O)NC)c1. The molecule has 0 unspecified atom stereocenters. The molecule has 0 aromatic heterocycles. The lowest BCUT2D eigenvalue weighted by Crippen LogP contribution is -2.34. The fourth-order valence-electron chi connectivity index (χ4n) is 1.47. The summed E-state index contributed by atoms with van der Waals surface area (Å²) in [6, 6.07) is 7.98. The van der Waals surface area contributed by atoms with Gasteiger partial charge < -0.3 is 10.2 Å². The summed E-state index contributed by atoms with van der Waals surface area (Å²) in [7, 11) is 3.40. The van der Waals surface area contributed by atoms with Crippen LogP contribution in [0.2, 0.25) is 0 Å². The number of hydrogen-bond donors (Lipinski definition) is 1. The number of urea groups is 1. The van der Waals surface area contributed by atoms with Gasteiger partial charge in [-0.2, -0.15) is 0 Å². The van der Waals surface area contributed by atoms with E-state index < -0.39 is 0 Å². The van der Waals surface area contributed by atoms with Gasteiger partial charge in [-0.15, -0.1) is 0 Å². The first kappa shape index (κ1) is 12.3. The molecule has 1 aromatic carbocycles. The number of nitrogens with one attached hydrogen (secondary N) is 1. The Morgan fingerprint density at radius 2 is 2.19 bits per heavy atom. The highest BCUT2D eigenvalue weighted by atomic mass is 16.2. The third-order valence-corrected chi connectivity index (χ3v) is 2.40. The van der Waals surface area contributed by atoms with Crippen molar-refractivity contribution in [2.24, 2.45) is 0 Å². The van der Waals surface area contributed by atoms with Crippen LogP contribution in [-0.2, 0) is 6.54 Å². The molecule has 86 valence electrons. The fourth-order valence-corrected chi connectivity index (χ4v) is 1.47. The Morgan fingerprint density at radius 3 is 2.75 bits per heavy atom. The average Bonchev–Trinajstić information content (AvgIpc) is 2.28. The van der Waals surface area contributed by atoms with E-state index in [1.54, 1.807) is 19.0 Å². The summed E-state index contributed by atoms with van der Waals surface area (Å²) in [5, 5.41) is 2.59. The zero-order chi connectivity index (χ0) is 12.1. The predicted octanol–water partition coefficient (Wildman–Crippen LogP) is 2.49. The number of carbonyl (C=O) groups is 1. The maximum absolute atomic E-state index is 11.3. The quantitative estimate of drug-likeness (QED) is 0.830. The van der Waals surface area contributed by atoms with Crippen molar-refractivity contribution in [2.45, 2.75) is 13.5 Å². The molecule has 0 aliphatic rings. The van der Waals surface area contributed by atoms with Crippen molar-refractivity contribution < 1.29 is 4.79 Å². The molecule has 0 fully saturated rings. The largest absolute Gasteiger partial charge is 0.341 e. The van der Waals surface area contributed by atoms with E-state index in [1.165, 1.54) is 0 Å².